The number of hydrogen-bond donors (Lipinski definition) is 1. The van der Waals surface area contributed by atoms with Crippen molar-refractivity contribution in [3.05, 3.63) is 29.6 Å². The quantitative estimate of drug-likeness (QED) is 0.869. The van der Waals surface area contributed by atoms with Crippen LogP contribution in [0.1, 0.15) is 44.7 Å². The molecule has 0 saturated carbocycles. The third-order valence-electron chi connectivity index (χ3n) is 4.18. The molecule has 3 nitrogen and oxygen atoms in total. The van der Waals surface area contributed by atoms with Gasteiger partial charge in [-0.3, -0.25) is 0 Å². The fourth-order valence-electron chi connectivity index (χ4n) is 2.79. The van der Waals surface area contributed by atoms with Crippen LogP contribution in [0.25, 0.3) is 0 Å². The first-order chi connectivity index (χ1) is 10.2. The molecule has 2 atom stereocenters. The van der Waals surface area contributed by atoms with E-state index in [4.69, 9.17) is 4.74 Å². The van der Waals surface area contributed by atoms with E-state index >= 15 is 0 Å². The Bertz CT molecular complexity index is 452. The minimum absolute atomic E-state index is 0.134. The van der Waals surface area contributed by atoms with Gasteiger partial charge in [-0.25, -0.2) is 4.39 Å². The highest BCUT2D eigenvalue weighted by Gasteiger charge is 2.22. The minimum atomic E-state index is -0.134. The van der Waals surface area contributed by atoms with Crippen LogP contribution < -0.4 is 10.2 Å². The molecule has 2 unspecified atom stereocenters. The minimum Gasteiger partial charge on any atom is -0.376 e. The molecular weight excluding hydrogens is 267 g/mol. The van der Waals surface area contributed by atoms with Gasteiger partial charge in [0.05, 0.1) is 11.8 Å². The second kappa shape index (κ2) is 7.76. The molecular formula is C17H27FN2O. The van der Waals surface area contributed by atoms with Crippen LogP contribution in [0.5, 0.6) is 0 Å². The third kappa shape index (κ3) is 4.17. The molecule has 1 aromatic rings. The van der Waals surface area contributed by atoms with Gasteiger partial charge in [0.1, 0.15) is 5.82 Å². The van der Waals surface area contributed by atoms with Gasteiger partial charge >= 0.3 is 0 Å². The average molecular weight is 294 g/mol. The lowest BCUT2D eigenvalue weighted by Crippen LogP contribution is -2.40. The Morgan fingerprint density at radius 3 is 2.95 bits per heavy atom. The molecule has 1 aromatic carbocycles. The summed E-state index contributed by atoms with van der Waals surface area (Å²) in [6.45, 7) is 6.63. The summed E-state index contributed by atoms with van der Waals surface area (Å²) in [4.78, 5) is 2.12. The summed E-state index contributed by atoms with van der Waals surface area (Å²) in [6.07, 6.45) is 3.39. The van der Waals surface area contributed by atoms with Gasteiger partial charge in [-0.05, 0) is 50.9 Å². The summed E-state index contributed by atoms with van der Waals surface area (Å²) in [5, 5.41) is 3.14. The first kappa shape index (κ1) is 16.2. The zero-order chi connectivity index (χ0) is 15.2. The molecule has 2 rings (SSSR count). The second-order valence-electron chi connectivity index (χ2n) is 5.80. The average Bonchev–Trinajstić information content (AvgIpc) is 2.52. The van der Waals surface area contributed by atoms with Crippen LogP contribution >= 0.6 is 0 Å². The number of nitrogens with zero attached hydrogens (tertiary/aromatic N) is 1. The topological polar surface area (TPSA) is 24.5 Å². The van der Waals surface area contributed by atoms with Gasteiger partial charge in [0.15, 0.2) is 0 Å². The lowest BCUT2D eigenvalue weighted by Gasteiger charge is -2.34. The van der Waals surface area contributed by atoms with Crippen LogP contribution in [-0.4, -0.2) is 32.8 Å². The summed E-state index contributed by atoms with van der Waals surface area (Å²) in [6, 6.07) is 5.72. The number of ether oxygens (including phenoxy) is 1. The first-order valence-electron chi connectivity index (χ1n) is 7.99. The van der Waals surface area contributed by atoms with E-state index in [1.54, 1.807) is 6.07 Å². The zero-order valence-electron chi connectivity index (χ0n) is 13.4. The molecule has 4 heteroatoms. The maximum atomic E-state index is 14.4. The lowest BCUT2D eigenvalue weighted by atomic mass is 10.0. The number of piperidine rings is 1. The van der Waals surface area contributed by atoms with E-state index in [1.165, 1.54) is 0 Å². The van der Waals surface area contributed by atoms with Crippen LogP contribution in [0.15, 0.2) is 18.2 Å². The number of benzene rings is 1. The zero-order valence-corrected chi connectivity index (χ0v) is 13.4. The fraction of sp³-hybridized carbons (Fsp3) is 0.647. The Balaban J connectivity index is 2.06. The van der Waals surface area contributed by atoms with Crippen LogP contribution in [0, 0.1) is 5.82 Å². The summed E-state index contributed by atoms with van der Waals surface area (Å²) >= 11 is 0. The molecule has 0 amide bonds. The van der Waals surface area contributed by atoms with Crippen LogP contribution in [0.3, 0.4) is 0 Å². The molecule has 1 fully saturated rings. The van der Waals surface area contributed by atoms with Gasteiger partial charge in [0.2, 0.25) is 0 Å². The van der Waals surface area contributed by atoms with Gasteiger partial charge in [0, 0.05) is 25.7 Å². The SMILES string of the molecule is CCCOC1CCCN(c2ccc(C(C)NC)cc2F)C1. The van der Waals surface area contributed by atoms with Crippen molar-refractivity contribution in [3.8, 4) is 0 Å². The Kier molecular flexibility index (Phi) is 6.00. The molecule has 1 saturated heterocycles. The summed E-state index contributed by atoms with van der Waals surface area (Å²) in [5.74, 6) is -0.134. The second-order valence-corrected chi connectivity index (χ2v) is 5.80. The number of halogens is 1. The van der Waals surface area contributed by atoms with Gasteiger partial charge in [0.25, 0.3) is 0 Å². The number of rotatable bonds is 6. The normalized spacial score (nSPS) is 20.6. The molecule has 21 heavy (non-hydrogen) atoms. The van der Waals surface area contributed by atoms with E-state index in [0.717, 1.165) is 44.5 Å². The van der Waals surface area contributed by atoms with E-state index in [2.05, 4.69) is 17.1 Å². The third-order valence-corrected chi connectivity index (χ3v) is 4.18. The smallest absolute Gasteiger partial charge is 0.146 e. The molecule has 1 heterocycles. The van der Waals surface area contributed by atoms with Gasteiger partial charge in [-0.2, -0.15) is 0 Å². The highest BCUT2D eigenvalue weighted by molar-refractivity contribution is 5.50. The molecule has 0 spiro atoms. The number of anilines is 1. The highest BCUT2D eigenvalue weighted by Crippen LogP contribution is 2.26. The van der Waals surface area contributed by atoms with E-state index in [9.17, 15) is 4.39 Å². The first-order valence-corrected chi connectivity index (χ1v) is 7.99. The summed E-state index contributed by atoms with van der Waals surface area (Å²) in [7, 11) is 1.89. The molecule has 0 aromatic heterocycles. The summed E-state index contributed by atoms with van der Waals surface area (Å²) < 4.78 is 20.2. The van der Waals surface area contributed by atoms with E-state index in [0.29, 0.717) is 5.69 Å². The molecule has 0 aliphatic carbocycles. The van der Waals surface area contributed by atoms with Crippen LogP contribution in [0.4, 0.5) is 10.1 Å². The van der Waals surface area contributed by atoms with Crippen LogP contribution in [-0.2, 0) is 4.74 Å². The maximum Gasteiger partial charge on any atom is 0.146 e. The summed E-state index contributed by atoms with van der Waals surface area (Å²) in [5.41, 5.74) is 1.68. The number of hydrogen-bond acceptors (Lipinski definition) is 3. The largest absolute Gasteiger partial charge is 0.376 e. The predicted molar refractivity (Wildman–Crippen MR) is 85.4 cm³/mol. The highest BCUT2D eigenvalue weighted by atomic mass is 19.1. The van der Waals surface area contributed by atoms with Gasteiger partial charge in [-0.1, -0.05) is 13.0 Å². The predicted octanol–water partition coefficient (Wildman–Crippen LogP) is 3.50. The van der Waals surface area contributed by atoms with Crippen molar-refractivity contribution in [2.45, 2.75) is 45.3 Å². The molecule has 0 bridgehead atoms. The number of nitrogens with one attached hydrogen (secondary N) is 1. The maximum absolute atomic E-state index is 14.4. The Labute approximate surface area is 127 Å². The van der Waals surface area contributed by atoms with Crippen LogP contribution in [0.2, 0.25) is 0 Å². The van der Waals surface area contributed by atoms with E-state index in [-0.39, 0.29) is 18.0 Å². The molecule has 1 aliphatic rings. The Hall–Kier alpha value is -1.13. The van der Waals surface area contributed by atoms with Gasteiger partial charge in [-0.15, -0.1) is 0 Å². The van der Waals surface area contributed by atoms with Crippen molar-refractivity contribution < 1.29 is 9.13 Å². The monoisotopic (exact) mass is 294 g/mol. The molecule has 118 valence electrons. The Morgan fingerprint density at radius 2 is 2.29 bits per heavy atom. The van der Waals surface area contributed by atoms with Crippen molar-refractivity contribution in [2.75, 3.05) is 31.6 Å². The van der Waals surface area contributed by atoms with Crippen molar-refractivity contribution in [1.29, 1.82) is 0 Å². The lowest BCUT2D eigenvalue weighted by molar-refractivity contribution is 0.0439. The van der Waals surface area contributed by atoms with Crippen molar-refractivity contribution in [2.24, 2.45) is 0 Å². The molecule has 1 aliphatic heterocycles. The molecule has 1 N–H and O–H groups in total. The van der Waals surface area contributed by atoms with Crippen molar-refractivity contribution in [3.63, 3.8) is 0 Å². The Morgan fingerprint density at radius 1 is 1.48 bits per heavy atom. The van der Waals surface area contributed by atoms with E-state index < -0.39 is 0 Å². The molecule has 0 radical (unpaired) electrons. The van der Waals surface area contributed by atoms with Crippen molar-refractivity contribution >= 4 is 5.69 Å². The standard InChI is InChI=1S/C17H27FN2O/c1-4-10-21-15-6-5-9-20(12-15)17-8-7-14(11-16(17)18)13(2)19-3/h7-8,11,13,15,19H,4-6,9-10,12H2,1-3H3. The van der Waals surface area contributed by atoms with Crippen molar-refractivity contribution in [1.82, 2.24) is 5.32 Å². The van der Waals surface area contributed by atoms with E-state index in [1.807, 2.05) is 26.1 Å². The fourth-order valence-corrected chi connectivity index (χ4v) is 2.79. The van der Waals surface area contributed by atoms with Gasteiger partial charge < -0.3 is 15.0 Å².